The lowest BCUT2D eigenvalue weighted by Crippen LogP contribution is -2.02. The number of aryl methyl sites for hydroxylation is 2. The Morgan fingerprint density at radius 3 is 2.52 bits per heavy atom. The van der Waals surface area contributed by atoms with Crippen molar-refractivity contribution < 1.29 is 10.0 Å². The van der Waals surface area contributed by atoms with Gasteiger partial charge in [0, 0.05) is 24.1 Å². The first kappa shape index (κ1) is 14.9. The summed E-state index contributed by atoms with van der Waals surface area (Å²) in [5.41, 5.74) is 3.21. The standard InChI is InChI=1S/C15H17N3O3/c1-10-9-14(18(20)21)15(16-11(10)2)17-13-5-3-12(4-6-13)7-8-19/h3-6,9,19H,7-8H2,1-2H3,(H,16,17). The third-order valence-corrected chi connectivity index (χ3v) is 3.26. The van der Waals surface area contributed by atoms with Gasteiger partial charge in [-0.25, -0.2) is 4.98 Å². The second-order valence-electron chi connectivity index (χ2n) is 4.81. The fourth-order valence-corrected chi connectivity index (χ4v) is 1.94. The van der Waals surface area contributed by atoms with E-state index in [1.54, 1.807) is 6.92 Å². The molecule has 2 N–H and O–H groups in total. The van der Waals surface area contributed by atoms with Crippen molar-refractivity contribution in [1.29, 1.82) is 0 Å². The van der Waals surface area contributed by atoms with E-state index in [1.807, 2.05) is 31.2 Å². The molecule has 0 saturated heterocycles. The summed E-state index contributed by atoms with van der Waals surface area (Å²) in [5, 5.41) is 23.0. The molecule has 0 amide bonds. The topological polar surface area (TPSA) is 88.3 Å². The van der Waals surface area contributed by atoms with Crippen molar-refractivity contribution >= 4 is 17.2 Å². The van der Waals surface area contributed by atoms with Gasteiger partial charge in [0.25, 0.3) is 0 Å². The summed E-state index contributed by atoms with van der Waals surface area (Å²) in [6, 6.07) is 8.87. The molecule has 0 fully saturated rings. The third kappa shape index (κ3) is 3.55. The normalized spacial score (nSPS) is 10.4. The van der Waals surface area contributed by atoms with Gasteiger partial charge in [-0.1, -0.05) is 12.1 Å². The number of anilines is 2. The molecule has 0 aliphatic heterocycles. The maximum Gasteiger partial charge on any atom is 0.312 e. The second kappa shape index (κ2) is 6.32. The summed E-state index contributed by atoms with van der Waals surface area (Å²) in [4.78, 5) is 14.9. The molecule has 0 unspecified atom stereocenters. The molecule has 2 aromatic rings. The lowest BCUT2D eigenvalue weighted by atomic mass is 10.1. The second-order valence-corrected chi connectivity index (χ2v) is 4.81. The summed E-state index contributed by atoms with van der Waals surface area (Å²) in [7, 11) is 0. The first-order chi connectivity index (χ1) is 10.0. The van der Waals surface area contributed by atoms with Crippen LogP contribution in [0.2, 0.25) is 0 Å². The Bertz CT molecular complexity index is 654. The van der Waals surface area contributed by atoms with Crippen LogP contribution in [0.4, 0.5) is 17.2 Å². The number of aliphatic hydroxyl groups excluding tert-OH is 1. The van der Waals surface area contributed by atoms with Crippen molar-refractivity contribution in [3.63, 3.8) is 0 Å². The van der Waals surface area contributed by atoms with Gasteiger partial charge in [-0.15, -0.1) is 0 Å². The van der Waals surface area contributed by atoms with Crippen LogP contribution < -0.4 is 5.32 Å². The molecule has 110 valence electrons. The van der Waals surface area contributed by atoms with Gasteiger partial charge in [-0.2, -0.15) is 0 Å². The number of pyridine rings is 1. The van der Waals surface area contributed by atoms with Crippen LogP contribution in [-0.2, 0) is 6.42 Å². The maximum atomic E-state index is 11.1. The van der Waals surface area contributed by atoms with E-state index in [4.69, 9.17) is 5.11 Å². The van der Waals surface area contributed by atoms with E-state index in [9.17, 15) is 10.1 Å². The largest absolute Gasteiger partial charge is 0.396 e. The molecule has 0 spiro atoms. The first-order valence-electron chi connectivity index (χ1n) is 6.60. The number of hydrogen-bond donors (Lipinski definition) is 2. The monoisotopic (exact) mass is 287 g/mol. The molecule has 0 aliphatic carbocycles. The van der Waals surface area contributed by atoms with Gasteiger partial charge in [-0.05, 0) is 43.5 Å². The molecule has 0 bridgehead atoms. The zero-order chi connectivity index (χ0) is 15.4. The average molecular weight is 287 g/mol. The minimum Gasteiger partial charge on any atom is -0.396 e. The van der Waals surface area contributed by atoms with Crippen LogP contribution in [-0.4, -0.2) is 21.6 Å². The van der Waals surface area contributed by atoms with Gasteiger partial charge in [0.2, 0.25) is 5.82 Å². The molecule has 2 rings (SSSR count). The van der Waals surface area contributed by atoms with Crippen LogP contribution in [0.15, 0.2) is 30.3 Å². The molecule has 0 saturated carbocycles. The molecule has 0 aliphatic rings. The Balaban J connectivity index is 2.30. The lowest BCUT2D eigenvalue weighted by molar-refractivity contribution is -0.384. The Kier molecular flexibility index (Phi) is 4.49. The van der Waals surface area contributed by atoms with E-state index in [1.165, 1.54) is 6.07 Å². The average Bonchev–Trinajstić information content (AvgIpc) is 2.44. The molecular formula is C15H17N3O3. The number of nitro groups is 1. The molecule has 0 radical (unpaired) electrons. The molecule has 6 heteroatoms. The highest BCUT2D eigenvalue weighted by Crippen LogP contribution is 2.27. The summed E-state index contributed by atoms with van der Waals surface area (Å²) >= 11 is 0. The van der Waals surface area contributed by atoms with Crippen LogP contribution in [0.3, 0.4) is 0 Å². The van der Waals surface area contributed by atoms with Gasteiger partial charge in [0.15, 0.2) is 0 Å². The van der Waals surface area contributed by atoms with Gasteiger partial charge in [-0.3, -0.25) is 10.1 Å². The molecule has 6 nitrogen and oxygen atoms in total. The molecule has 1 aromatic heterocycles. The van der Waals surface area contributed by atoms with Crippen LogP contribution in [0.1, 0.15) is 16.8 Å². The quantitative estimate of drug-likeness (QED) is 0.652. The smallest absolute Gasteiger partial charge is 0.312 e. The summed E-state index contributed by atoms with van der Waals surface area (Å²) in [5.74, 6) is 0.234. The van der Waals surface area contributed by atoms with Gasteiger partial charge in [0.05, 0.1) is 4.92 Å². The van der Waals surface area contributed by atoms with Crippen molar-refractivity contribution in [3.05, 3.63) is 57.3 Å². The minimum atomic E-state index is -0.443. The van der Waals surface area contributed by atoms with Crippen molar-refractivity contribution in [2.45, 2.75) is 20.3 Å². The lowest BCUT2D eigenvalue weighted by Gasteiger charge is -2.09. The summed E-state index contributed by atoms with van der Waals surface area (Å²) < 4.78 is 0. The Morgan fingerprint density at radius 2 is 1.95 bits per heavy atom. The number of benzene rings is 1. The Hall–Kier alpha value is -2.47. The molecular weight excluding hydrogens is 270 g/mol. The van der Waals surface area contributed by atoms with Gasteiger partial charge >= 0.3 is 5.69 Å². The molecule has 1 heterocycles. The highest BCUT2D eigenvalue weighted by Gasteiger charge is 2.17. The number of rotatable bonds is 5. The van der Waals surface area contributed by atoms with Crippen LogP contribution in [0, 0.1) is 24.0 Å². The third-order valence-electron chi connectivity index (χ3n) is 3.26. The van der Waals surface area contributed by atoms with Crippen LogP contribution in [0.25, 0.3) is 0 Å². The SMILES string of the molecule is Cc1cc([N+](=O)[O-])c(Nc2ccc(CCO)cc2)nc1C. The molecule has 1 aromatic carbocycles. The Morgan fingerprint density at radius 1 is 1.29 bits per heavy atom. The highest BCUT2D eigenvalue weighted by atomic mass is 16.6. The van der Waals surface area contributed by atoms with E-state index in [-0.39, 0.29) is 18.1 Å². The van der Waals surface area contributed by atoms with E-state index < -0.39 is 4.92 Å². The number of nitrogens with one attached hydrogen (secondary N) is 1. The van der Waals surface area contributed by atoms with E-state index in [0.29, 0.717) is 6.42 Å². The zero-order valence-corrected chi connectivity index (χ0v) is 12.0. The predicted octanol–water partition coefficient (Wildman–Crippen LogP) is 2.89. The fourth-order valence-electron chi connectivity index (χ4n) is 1.94. The molecule has 21 heavy (non-hydrogen) atoms. The van der Waals surface area contributed by atoms with Crippen molar-refractivity contribution in [3.8, 4) is 0 Å². The van der Waals surface area contributed by atoms with Crippen molar-refractivity contribution in [2.24, 2.45) is 0 Å². The zero-order valence-electron chi connectivity index (χ0n) is 12.0. The summed E-state index contributed by atoms with van der Waals surface area (Å²) in [6.45, 7) is 3.70. The van der Waals surface area contributed by atoms with Crippen LogP contribution >= 0.6 is 0 Å². The van der Waals surface area contributed by atoms with Crippen molar-refractivity contribution in [1.82, 2.24) is 4.98 Å². The minimum absolute atomic E-state index is 0.0439. The van der Waals surface area contributed by atoms with Gasteiger partial charge in [0.1, 0.15) is 0 Å². The fraction of sp³-hybridized carbons (Fsp3) is 0.267. The van der Waals surface area contributed by atoms with E-state index in [0.717, 1.165) is 22.5 Å². The number of nitrogens with zero attached hydrogens (tertiary/aromatic N) is 2. The van der Waals surface area contributed by atoms with Crippen LogP contribution in [0.5, 0.6) is 0 Å². The molecule has 0 atom stereocenters. The predicted molar refractivity (Wildman–Crippen MR) is 80.9 cm³/mol. The maximum absolute atomic E-state index is 11.1. The number of aliphatic hydroxyl groups is 1. The van der Waals surface area contributed by atoms with E-state index in [2.05, 4.69) is 10.3 Å². The van der Waals surface area contributed by atoms with Crippen molar-refractivity contribution in [2.75, 3.05) is 11.9 Å². The van der Waals surface area contributed by atoms with E-state index >= 15 is 0 Å². The summed E-state index contributed by atoms with van der Waals surface area (Å²) in [6.07, 6.45) is 0.586. The number of hydrogen-bond acceptors (Lipinski definition) is 5. The number of aromatic nitrogens is 1. The highest BCUT2D eigenvalue weighted by molar-refractivity contribution is 5.66. The first-order valence-corrected chi connectivity index (χ1v) is 6.60. The Labute approximate surface area is 122 Å². The van der Waals surface area contributed by atoms with Gasteiger partial charge < -0.3 is 10.4 Å².